The lowest BCUT2D eigenvalue weighted by Crippen LogP contribution is -2.35. The molecule has 156 valence electrons. The molecule has 7 nitrogen and oxygen atoms in total. The van der Waals surface area contributed by atoms with E-state index in [9.17, 15) is 10.2 Å². The number of rotatable bonds is 5. The van der Waals surface area contributed by atoms with Gasteiger partial charge in [0.05, 0.1) is 26.4 Å². The number of aryl methyl sites for hydroxylation is 1. The molecule has 2 aromatic carbocycles. The van der Waals surface area contributed by atoms with Gasteiger partial charge in [-0.15, -0.1) is 0 Å². The smallest absolute Gasteiger partial charge is 0.231 e. The normalized spacial score (nSPS) is 20.4. The van der Waals surface area contributed by atoms with Crippen molar-refractivity contribution in [2.75, 3.05) is 28.1 Å². The molecule has 0 saturated heterocycles. The summed E-state index contributed by atoms with van der Waals surface area (Å²) in [5, 5.41) is 22.4. The summed E-state index contributed by atoms with van der Waals surface area (Å²) in [6, 6.07) is 5.16. The number of methoxy groups -OCH3 is 2. The van der Waals surface area contributed by atoms with Crippen LogP contribution in [0.5, 0.6) is 28.7 Å². The van der Waals surface area contributed by atoms with Gasteiger partial charge in [-0.1, -0.05) is 19.4 Å². The third-order valence-electron chi connectivity index (χ3n) is 5.76. The first-order valence-corrected chi connectivity index (χ1v) is 9.78. The number of fused-ring (bicyclic) bond motifs is 2. The van der Waals surface area contributed by atoms with Gasteiger partial charge in [0.2, 0.25) is 12.5 Å². The highest BCUT2D eigenvalue weighted by atomic mass is 16.7. The van der Waals surface area contributed by atoms with Gasteiger partial charge in [-0.05, 0) is 36.7 Å². The number of nitrogens with zero attached hydrogens (tertiary/aromatic N) is 1. The van der Waals surface area contributed by atoms with Gasteiger partial charge >= 0.3 is 0 Å². The number of benzene rings is 2. The Kier molecular flexibility index (Phi) is 5.19. The Balaban J connectivity index is 1.86. The lowest BCUT2D eigenvalue weighted by molar-refractivity contribution is 0.0393. The highest BCUT2D eigenvalue weighted by Gasteiger charge is 2.39. The minimum absolute atomic E-state index is 0.0447. The van der Waals surface area contributed by atoms with E-state index in [1.54, 1.807) is 20.3 Å². The molecule has 2 aromatic rings. The van der Waals surface area contributed by atoms with Crippen molar-refractivity contribution < 1.29 is 29.2 Å². The van der Waals surface area contributed by atoms with Gasteiger partial charge in [-0.25, -0.2) is 0 Å². The van der Waals surface area contributed by atoms with Crippen LogP contribution in [-0.2, 0) is 13.0 Å². The summed E-state index contributed by atoms with van der Waals surface area (Å²) in [4.78, 5) is 2.02. The molecule has 2 unspecified atom stereocenters. The van der Waals surface area contributed by atoms with Crippen molar-refractivity contribution in [3.8, 4) is 28.7 Å². The number of aliphatic hydroxyl groups is 1. The van der Waals surface area contributed by atoms with Crippen LogP contribution in [0.4, 0.5) is 0 Å². The fourth-order valence-corrected chi connectivity index (χ4v) is 4.48. The van der Waals surface area contributed by atoms with E-state index in [0.717, 1.165) is 29.5 Å². The van der Waals surface area contributed by atoms with E-state index in [1.807, 2.05) is 24.1 Å². The van der Waals surface area contributed by atoms with Crippen LogP contribution in [0.3, 0.4) is 0 Å². The summed E-state index contributed by atoms with van der Waals surface area (Å²) in [5.41, 5.74) is 3.29. The number of hydrogen-bond donors (Lipinski definition) is 2. The molecule has 29 heavy (non-hydrogen) atoms. The van der Waals surface area contributed by atoms with Crippen molar-refractivity contribution in [2.24, 2.45) is 0 Å². The van der Waals surface area contributed by atoms with Gasteiger partial charge in [0, 0.05) is 17.7 Å². The summed E-state index contributed by atoms with van der Waals surface area (Å²) in [7, 11) is 5.12. The molecule has 2 heterocycles. The summed E-state index contributed by atoms with van der Waals surface area (Å²) >= 11 is 0. The van der Waals surface area contributed by atoms with E-state index in [0.29, 0.717) is 35.1 Å². The van der Waals surface area contributed by atoms with Crippen LogP contribution in [0.2, 0.25) is 0 Å². The molecule has 0 saturated carbocycles. The molecule has 2 aliphatic rings. The van der Waals surface area contributed by atoms with Gasteiger partial charge in [0.25, 0.3) is 0 Å². The Morgan fingerprint density at radius 3 is 2.69 bits per heavy atom. The van der Waals surface area contributed by atoms with E-state index in [2.05, 4.69) is 6.92 Å². The Morgan fingerprint density at radius 2 is 2.00 bits per heavy atom. The van der Waals surface area contributed by atoms with Crippen LogP contribution in [0.1, 0.15) is 47.7 Å². The van der Waals surface area contributed by atoms with E-state index in [-0.39, 0.29) is 12.5 Å². The minimum atomic E-state index is -0.856. The van der Waals surface area contributed by atoms with Crippen LogP contribution < -0.4 is 18.9 Å². The fourth-order valence-electron chi connectivity index (χ4n) is 4.48. The average Bonchev–Trinajstić information content (AvgIpc) is 3.18. The molecule has 0 spiro atoms. The predicted molar refractivity (Wildman–Crippen MR) is 107 cm³/mol. The van der Waals surface area contributed by atoms with Crippen LogP contribution in [-0.4, -0.2) is 43.2 Å². The lowest BCUT2D eigenvalue weighted by Gasteiger charge is -2.40. The van der Waals surface area contributed by atoms with Gasteiger partial charge in [0.1, 0.15) is 0 Å². The molecule has 0 radical (unpaired) electrons. The predicted octanol–water partition coefficient (Wildman–Crippen LogP) is 3.31. The minimum Gasteiger partial charge on any atom is -0.504 e. The first-order chi connectivity index (χ1) is 14.0. The number of hydrogen-bond acceptors (Lipinski definition) is 7. The summed E-state index contributed by atoms with van der Waals surface area (Å²) < 4.78 is 22.0. The van der Waals surface area contributed by atoms with Crippen molar-refractivity contribution in [1.29, 1.82) is 0 Å². The largest absolute Gasteiger partial charge is 0.504 e. The quantitative estimate of drug-likeness (QED) is 0.796. The maximum atomic E-state index is 11.4. The molecular weight excluding hydrogens is 374 g/mol. The second kappa shape index (κ2) is 7.65. The maximum Gasteiger partial charge on any atom is 0.231 e. The van der Waals surface area contributed by atoms with E-state index < -0.39 is 12.1 Å². The van der Waals surface area contributed by atoms with Crippen molar-refractivity contribution in [3.63, 3.8) is 0 Å². The first kappa shape index (κ1) is 19.7. The van der Waals surface area contributed by atoms with Crippen molar-refractivity contribution in [2.45, 2.75) is 38.5 Å². The second-order valence-corrected chi connectivity index (χ2v) is 7.46. The monoisotopic (exact) mass is 401 g/mol. The Hall–Kier alpha value is -2.64. The van der Waals surface area contributed by atoms with Gasteiger partial charge in [0.15, 0.2) is 23.0 Å². The number of ether oxygens (including phenoxy) is 4. The van der Waals surface area contributed by atoms with Crippen LogP contribution in [0, 0.1) is 0 Å². The highest BCUT2D eigenvalue weighted by molar-refractivity contribution is 5.62. The van der Waals surface area contributed by atoms with Crippen molar-refractivity contribution in [1.82, 2.24) is 4.90 Å². The fraction of sp³-hybridized carbons (Fsp3) is 0.455. The average molecular weight is 401 g/mol. The molecule has 4 rings (SSSR count). The number of phenols is 1. The zero-order valence-electron chi connectivity index (χ0n) is 17.2. The molecule has 2 atom stereocenters. The highest BCUT2D eigenvalue weighted by Crippen LogP contribution is 2.53. The molecule has 2 aliphatic heterocycles. The number of aliphatic hydroxyl groups excluding tert-OH is 1. The topological polar surface area (TPSA) is 80.6 Å². The zero-order chi connectivity index (χ0) is 20.7. The second-order valence-electron chi connectivity index (χ2n) is 7.46. The standard InChI is InChI=1S/C22H27NO6/c1-5-6-12-9-16-22(29-11-28-16)20(25)17(12)18-19(24)13-7-8-15(26-3)21(27-4)14(13)10-23(18)2/h7-9,18-19,24-25H,5-6,10-11H2,1-4H3. The SMILES string of the molecule is CCCc1cc2c(c(O)c1C1C(O)c3ccc(OC)c(OC)c3CN1C)OCO2. The van der Waals surface area contributed by atoms with Gasteiger partial charge in [-0.2, -0.15) is 0 Å². The zero-order valence-corrected chi connectivity index (χ0v) is 17.2. The molecule has 0 aromatic heterocycles. The van der Waals surface area contributed by atoms with Crippen molar-refractivity contribution >= 4 is 0 Å². The van der Waals surface area contributed by atoms with Gasteiger partial charge < -0.3 is 29.2 Å². The van der Waals surface area contributed by atoms with E-state index in [1.165, 1.54) is 0 Å². The summed E-state index contributed by atoms with van der Waals surface area (Å²) in [6.07, 6.45) is 0.806. The molecule has 0 fully saturated rings. The number of likely N-dealkylation sites (N-methyl/N-ethyl adjacent to an activating group) is 1. The summed E-state index contributed by atoms with van der Waals surface area (Å²) in [6.45, 7) is 2.70. The van der Waals surface area contributed by atoms with Gasteiger partial charge in [-0.3, -0.25) is 4.90 Å². The molecule has 0 bridgehead atoms. The number of aromatic hydroxyl groups is 1. The molecule has 2 N–H and O–H groups in total. The van der Waals surface area contributed by atoms with Crippen molar-refractivity contribution in [3.05, 3.63) is 40.5 Å². The van der Waals surface area contributed by atoms with E-state index in [4.69, 9.17) is 18.9 Å². The maximum absolute atomic E-state index is 11.4. The third-order valence-corrected chi connectivity index (χ3v) is 5.76. The molecule has 0 aliphatic carbocycles. The van der Waals surface area contributed by atoms with Crippen LogP contribution >= 0.6 is 0 Å². The van der Waals surface area contributed by atoms with E-state index >= 15 is 0 Å². The first-order valence-electron chi connectivity index (χ1n) is 9.78. The molecule has 7 heteroatoms. The summed E-state index contributed by atoms with van der Waals surface area (Å²) in [5.74, 6) is 2.19. The molecule has 0 amide bonds. The number of phenolic OH excluding ortho intramolecular Hbond substituents is 1. The van der Waals surface area contributed by atoms with Crippen LogP contribution in [0.25, 0.3) is 0 Å². The molecular formula is C22H27NO6. The van der Waals surface area contributed by atoms with Crippen LogP contribution in [0.15, 0.2) is 18.2 Å². The Labute approximate surface area is 170 Å². The Bertz CT molecular complexity index is 928. The Morgan fingerprint density at radius 1 is 1.21 bits per heavy atom. The third kappa shape index (κ3) is 3.05. The lowest BCUT2D eigenvalue weighted by atomic mass is 9.83.